The van der Waals surface area contributed by atoms with E-state index in [2.05, 4.69) is 57.9 Å². The van der Waals surface area contributed by atoms with E-state index in [1.54, 1.807) is 30.0 Å². The summed E-state index contributed by atoms with van der Waals surface area (Å²) in [4.78, 5) is 0. The normalized spacial score (nSPS) is 19.6. The van der Waals surface area contributed by atoms with Crippen molar-refractivity contribution in [1.29, 1.82) is 0 Å². The van der Waals surface area contributed by atoms with Crippen LogP contribution in [-0.2, 0) is 14.0 Å². The fourth-order valence-corrected chi connectivity index (χ4v) is 14.6. The van der Waals surface area contributed by atoms with Gasteiger partial charge in [0.1, 0.15) is 0 Å². The summed E-state index contributed by atoms with van der Waals surface area (Å²) in [7, 11) is 2.36. The summed E-state index contributed by atoms with van der Waals surface area (Å²) in [6.07, 6.45) is 7.28. The molecule has 4 heteroatoms. The molecule has 0 N–H and O–H groups in total. The molecule has 0 heterocycles. The molecule has 0 aromatic rings. The molecule has 2 aliphatic carbocycles. The maximum absolute atomic E-state index is 2.62. The number of rotatable bonds is 2. The third-order valence-corrected chi connectivity index (χ3v) is 16.1. The van der Waals surface area contributed by atoms with E-state index in [4.69, 9.17) is 0 Å². The maximum atomic E-state index is 2.62. The SMILES string of the molecule is CC1=CC(C)=[C]([Ti]([CH3])([CH3])(=[SiH2])[C]2=C(C)C=C(C)C2)C1.Cl.Cl. The van der Waals surface area contributed by atoms with Crippen LogP contribution >= 0.6 is 24.8 Å². The number of hydrogen-bond acceptors (Lipinski definition) is 0. The van der Waals surface area contributed by atoms with Gasteiger partial charge in [0, 0.05) is 0 Å². The average molecular weight is 367 g/mol. The van der Waals surface area contributed by atoms with Gasteiger partial charge in [0.15, 0.2) is 0 Å². The zero-order chi connectivity index (χ0) is 13.7. The van der Waals surface area contributed by atoms with E-state index in [0.29, 0.717) is 0 Å². The number of halogens is 2. The molecule has 0 aromatic carbocycles. The molecule has 0 fully saturated rings. The van der Waals surface area contributed by atoms with Gasteiger partial charge in [0.2, 0.25) is 0 Å². The second kappa shape index (κ2) is 6.30. The van der Waals surface area contributed by atoms with Gasteiger partial charge in [-0.2, -0.15) is 0 Å². The molecule has 0 radical (unpaired) electrons. The Labute approximate surface area is 139 Å². The summed E-state index contributed by atoms with van der Waals surface area (Å²) in [5.74, 6) is 0. The second-order valence-electron chi connectivity index (χ2n) is 7.34. The summed E-state index contributed by atoms with van der Waals surface area (Å²) in [6, 6.07) is 0. The fraction of sp³-hybridized carbons (Fsp3) is 0.500. The van der Waals surface area contributed by atoms with Crippen molar-refractivity contribution < 1.29 is 14.0 Å². The molecular formula is C16H28Cl2SiTi. The van der Waals surface area contributed by atoms with Crippen molar-refractivity contribution in [1.82, 2.24) is 0 Å². The fourth-order valence-electron chi connectivity index (χ4n) is 3.87. The molecular weight excluding hydrogens is 339 g/mol. The Morgan fingerprint density at radius 2 is 1.10 bits per heavy atom. The molecule has 0 aliphatic heterocycles. The van der Waals surface area contributed by atoms with Gasteiger partial charge in [0.05, 0.1) is 0 Å². The Balaban J connectivity index is 0.00000180. The maximum Gasteiger partial charge on any atom is -0.147 e. The standard InChI is InChI=1S/2C7H9.2CH3.2ClH.H2Si.Ti/c2*1-6-3-4-7(2)5-6;;;;;;/h2*5H,3H2,1-2H3;2*1H3;2*1H;1H2;. The summed E-state index contributed by atoms with van der Waals surface area (Å²) in [6.45, 7) is 9.20. The van der Waals surface area contributed by atoms with Crippen LogP contribution in [0.4, 0.5) is 0 Å². The first-order valence-electron chi connectivity index (χ1n) is 6.92. The topological polar surface area (TPSA) is 0 Å². The van der Waals surface area contributed by atoms with Crippen LogP contribution in [0.1, 0.15) is 40.5 Å². The molecule has 2 rings (SSSR count). The van der Waals surface area contributed by atoms with E-state index in [-0.39, 0.29) is 24.8 Å². The van der Waals surface area contributed by atoms with Gasteiger partial charge >= 0.3 is 115 Å². The molecule has 0 unspecified atom stereocenters. The van der Waals surface area contributed by atoms with Gasteiger partial charge in [-0.15, -0.1) is 24.8 Å². The van der Waals surface area contributed by atoms with Crippen LogP contribution in [0.25, 0.3) is 0 Å². The van der Waals surface area contributed by atoms with Crippen LogP contribution in [-0.4, -0.2) is 7.63 Å². The number of allylic oxidation sites excluding steroid dienone is 8. The Hall–Kier alpha value is 0.471. The summed E-state index contributed by atoms with van der Waals surface area (Å²) >= 11 is -2.62. The largest absolute Gasteiger partial charge is 0.147 e. The van der Waals surface area contributed by atoms with Gasteiger partial charge in [-0.05, 0) is 0 Å². The first kappa shape index (κ1) is 20.5. The van der Waals surface area contributed by atoms with Crippen LogP contribution < -0.4 is 0 Å². The first-order chi connectivity index (χ1) is 8.10. The minimum atomic E-state index is -2.62. The minimum Gasteiger partial charge on any atom is -0.147 e. The predicted octanol–water partition coefficient (Wildman–Crippen LogP) is 5.41. The van der Waals surface area contributed by atoms with Crippen LogP contribution in [0.2, 0.25) is 10.5 Å². The molecule has 114 valence electrons. The first-order valence-corrected chi connectivity index (χ1v) is 15.6. The van der Waals surface area contributed by atoms with Gasteiger partial charge in [-0.3, -0.25) is 0 Å². The van der Waals surface area contributed by atoms with Gasteiger partial charge in [-0.25, -0.2) is 0 Å². The average Bonchev–Trinajstić information content (AvgIpc) is 2.70. The van der Waals surface area contributed by atoms with Crippen LogP contribution in [0.3, 0.4) is 0 Å². The molecule has 0 spiro atoms. The molecule has 0 bridgehead atoms. The van der Waals surface area contributed by atoms with Gasteiger partial charge in [-0.1, -0.05) is 0 Å². The van der Waals surface area contributed by atoms with E-state index in [1.807, 2.05) is 0 Å². The van der Waals surface area contributed by atoms with Crippen molar-refractivity contribution in [3.05, 3.63) is 42.2 Å². The monoisotopic (exact) mass is 366 g/mol. The van der Waals surface area contributed by atoms with E-state index in [1.165, 1.54) is 12.8 Å². The quantitative estimate of drug-likeness (QED) is 0.573. The van der Waals surface area contributed by atoms with Crippen molar-refractivity contribution in [2.75, 3.05) is 0 Å². The molecule has 0 atom stereocenters. The van der Waals surface area contributed by atoms with Gasteiger partial charge < -0.3 is 0 Å². The molecule has 2 aliphatic rings. The van der Waals surface area contributed by atoms with Crippen molar-refractivity contribution >= 4 is 32.4 Å². The predicted molar refractivity (Wildman–Crippen MR) is 96.9 cm³/mol. The third-order valence-electron chi connectivity index (χ3n) is 4.72. The zero-order valence-corrected chi connectivity index (χ0v) is 18.2. The zero-order valence-electron chi connectivity index (χ0n) is 13.6. The molecule has 0 nitrogen and oxygen atoms in total. The number of hydrogen-bond donors (Lipinski definition) is 0. The van der Waals surface area contributed by atoms with Crippen molar-refractivity contribution in [2.45, 2.75) is 51.0 Å². The summed E-state index contributed by atoms with van der Waals surface area (Å²) in [5, 5.41) is 5.23. The van der Waals surface area contributed by atoms with Crippen molar-refractivity contribution in [2.24, 2.45) is 0 Å². The Morgan fingerprint density at radius 1 is 0.800 bits per heavy atom. The third kappa shape index (κ3) is 3.44. The van der Waals surface area contributed by atoms with Gasteiger partial charge in [0.25, 0.3) is 0 Å². The Bertz CT molecular complexity index is 564. The second-order valence-corrected chi connectivity index (χ2v) is 26.4. The Kier molecular flexibility index (Phi) is 6.45. The molecule has 0 saturated carbocycles. The van der Waals surface area contributed by atoms with Crippen LogP contribution in [0.5, 0.6) is 0 Å². The summed E-state index contributed by atoms with van der Waals surface area (Å²) < 4.78 is 3.61. The summed E-state index contributed by atoms with van der Waals surface area (Å²) in [5.41, 5.74) is 6.23. The smallest absolute Gasteiger partial charge is 0.147 e. The molecule has 0 amide bonds. The Morgan fingerprint density at radius 3 is 1.30 bits per heavy atom. The van der Waals surface area contributed by atoms with Crippen molar-refractivity contribution in [3.63, 3.8) is 0 Å². The molecule has 20 heavy (non-hydrogen) atoms. The van der Waals surface area contributed by atoms with Crippen molar-refractivity contribution in [3.8, 4) is 0 Å². The van der Waals surface area contributed by atoms with E-state index in [0.717, 1.165) is 0 Å². The van der Waals surface area contributed by atoms with Crippen LogP contribution in [0.15, 0.2) is 42.2 Å². The van der Waals surface area contributed by atoms with E-state index < -0.39 is 14.0 Å². The van der Waals surface area contributed by atoms with Crippen LogP contribution in [0, 0.1) is 0 Å². The minimum absolute atomic E-state index is 0. The van der Waals surface area contributed by atoms with E-state index in [9.17, 15) is 0 Å². The molecule has 0 aromatic heterocycles. The molecule has 0 saturated heterocycles. The van der Waals surface area contributed by atoms with E-state index >= 15 is 0 Å².